The highest BCUT2D eigenvalue weighted by atomic mass is 16.4. The lowest BCUT2D eigenvalue weighted by Crippen LogP contribution is -2.41. The SMILES string of the molecule is C=CC1CCN(C(C=C)C(=O)O)C1=O. The van der Waals surface area contributed by atoms with E-state index in [-0.39, 0.29) is 11.8 Å². The topological polar surface area (TPSA) is 57.6 Å². The number of hydrogen-bond donors (Lipinski definition) is 1. The third kappa shape index (κ3) is 1.69. The summed E-state index contributed by atoms with van der Waals surface area (Å²) in [5.74, 6) is -1.46. The molecule has 4 nitrogen and oxygen atoms in total. The zero-order valence-electron chi connectivity index (χ0n) is 7.85. The van der Waals surface area contributed by atoms with Crippen LogP contribution in [0.3, 0.4) is 0 Å². The third-order valence-electron chi connectivity index (χ3n) is 2.38. The largest absolute Gasteiger partial charge is 0.479 e. The molecule has 0 aromatic carbocycles. The zero-order chi connectivity index (χ0) is 10.7. The van der Waals surface area contributed by atoms with Crippen LogP contribution in [0.4, 0.5) is 0 Å². The van der Waals surface area contributed by atoms with Crippen molar-refractivity contribution in [2.75, 3.05) is 6.54 Å². The summed E-state index contributed by atoms with van der Waals surface area (Å²) in [5, 5.41) is 8.82. The number of carboxylic acids is 1. The molecule has 1 saturated heterocycles. The first kappa shape index (κ1) is 10.5. The Bertz CT molecular complexity index is 285. The smallest absolute Gasteiger partial charge is 0.330 e. The maximum absolute atomic E-state index is 11.6. The van der Waals surface area contributed by atoms with Gasteiger partial charge in [0, 0.05) is 6.54 Å². The number of nitrogens with zero attached hydrogens (tertiary/aromatic N) is 1. The zero-order valence-corrected chi connectivity index (χ0v) is 7.85. The van der Waals surface area contributed by atoms with E-state index < -0.39 is 12.0 Å². The molecule has 2 unspecified atom stereocenters. The standard InChI is InChI=1S/C10H13NO3/c1-3-7-5-6-11(9(7)12)8(4-2)10(13)14/h3-4,7-8H,1-2,5-6H2,(H,13,14). The Balaban J connectivity index is 2.79. The van der Waals surface area contributed by atoms with Gasteiger partial charge < -0.3 is 10.0 Å². The average molecular weight is 195 g/mol. The lowest BCUT2D eigenvalue weighted by Gasteiger charge is -2.21. The molecule has 0 bridgehead atoms. The molecule has 4 heteroatoms. The van der Waals surface area contributed by atoms with Crippen LogP contribution in [0, 0.1) is 5.92 Å². The fourth-order valence-corrected chi connectivity index (χ4v) is 1.58. The minimum Gasteiger partial charge on any atom is -0.479 e. The lowest BCUT2D eigenvalue weighted by atomic mass is 10.1. The Morgan fingerprint density at radius 2 is 2.29 bits per heavy atom. The van der Waals surface area contributed by atoms with Gasteiger partial charge in [-0.25, -0.2) is 4.79 Å². The molecule has 1 N–H and O–H groups in total. The number of likely N-dealkylation sites (tertiary alicyclic amines) is 1. The van der Waals surface area contributed by atoms with E-state index in [9.17, 15) is 9.59 Å². The molecule has 1 aliphatic heterocycles. The minimum absolute atomic E-state index is 0.174. The molecule has 0 aromatic heterocycles. The first-order valence-electron chi connectivity index (χ1n) is 4.40. The van der Waals surface area contributed by atoms with Crippen LogP contribution in [0.25, 0.3) is 0 Å². The molecular weight excluding hydrogens is 182 g/mol. The highest BCUT2D eigenvalue weighted by Gasteiger charge is 2.35. The summed E-state index contributed by atoms with van der Waals surface area (Å²) in [7, 11) is 0. The summed E-state index contributed by atoms with van der Waals surface area (Å²) in [6.45, 7) is 7.41. The lowest BCUT2D eigenvalue weighted by molar-refractivity contribution is -0.146. The molecule has 76 valence electrons. The predicted octanol–water partition coefficient (Wildman–Crippen LogP) is 0.660. The van der Waals surface area contributed by atoms with E-state index in [1.165, 1.54) is 11.0 Å². The molecule has 1 heterocycles. The second-order valence-electron chi connectivity index (χ2n) is 3.18. The van der Waals surface area contributed by atoms with E-state index in [1.54, 1.807) is 6.08 Å². The second kappa shape index (κ2) is 4.09. The summed E-state index contributed by atoms with van der Waals surface area (Å²) < 4.78 is 0. The predicted molar refractivity (Wildman–Crippen MR) is 51.6 cm³/mol. The van der Waals surface area contributed by atoms with Crippen molar-refractivity contribution in [3.8, 4) is 0 Å². The van der Waals surface area contributed by atoms with Crippen LogP contribution in [0.1, 0.15) is 6.42 Å². The Hall–Kier alpha value is -1.58. The maximum atomic E-state index is 11.6. The van der Waals surface area contributed by atoms with Gasteiger partial charge in [0.25, 0.3) is 0 Å². The molecule has 14 heavy (non-hydrogen) atoms. The van der Waals surface area contributed by atoms with E-state index >= 15 is 0 Å². The first-order chi connectivity index (χ1) is 6.61. The number of hydrogen-bond acceptors (Lipinski definition) is 2. The quantitative estimate of drug-likeness (QED) is 0.670. The number of amides is 1. The van der Waals surface area contributed by atoms with Gasteiger partial charge in [0.1, 0.15) is 6.04 Å². The monoisotopic (exact) mass is 195 g/mol. The summed E-state index contributed by atoms with van der Waals surface area (Å²) in [5.41, 5.74) is 0. The van der Waals surface area contributed by atoms with Crippen molar-refractivity contribution in [1.29, 1.82) is 0 Å². The molecule has 0 spiro atoms. The summed E-state index contributed by atoms with van der Waals surface area (Å²) >= 11 is 0. The molecule has 0 saturated carbocycles. The van der Waals surface area contributed by atoms with Gasteiger partial charge in [0.2, 0.25) is 5.91 Å². The minimum atomic E-state index is -1.04. The van der Waals surface area contributed by atoms with Gasteiger partial charge >= 0.3 is 5.97 Å². The van der Waals surface area contributed by atoms with Crippen LogP contribution in [0.5, 0.6) is 0 Å². The fourth-order valence-electron chi connectivity index (χ4n) is 1.58. The fraction of sp³-hybridized carbons (Fsp3) is 0.400. The van der Waals surface area contributed by atoms with E-state index in [0.29, 0.717) is 13.0 Å². The van der Waals surface area contributed by atoms with Gasteiger partial charge in [-0.2, -0.15) is 0 Å². The van der Waals surface area contributed by atoms with Gasteiger partial charge in [-0.05, 0) is 6.42 Å². The molecule has 2 atom stereocenters. The number of carboxylic acid groups (broad SMARTS) is 1. The van der Waals surface area contributed by atoms with Crippen molar-refractivity contribution in [1.82, 2.24) is 4.90 Å². The third-order valence-corrected chi connectivity index (χ3v) is 2.38. The van der Waals surface area contributed by atoms with Gasteiger partial charge in [-0.15, -0.1) is 13.2 Å². The van der Waals surface area contributed by atoms with Crippen LogP contribution in [-0.2, 0) is 9.59 Å². The molecule has 1 rings (SSSR count). The maximum Gasteiger partial charge on any atom is 0.330 e. The van der Waals surface area contributed by atoms with E-state index in [2.05, 4.69) is 13.2 Å². The number of rotatable bonds is 4. The van der Waals surface area contributed by atoms with Gasteiger partial charge in [0.05, 0.1) is 5.92 Å². The Morgan fingerprint density at radius 3 is 2.64 bits per heavy atom. The van der Waals surface area contributed by atoms with Crippen LogP contribution < -0.4 is 0 Å². The van der Waals surface area contributed by atoms with Crippen molar-refractivity contribution < 1.29 is 14.7 Å². The summed E-state index contributed by atoms with van der Waals surface area (Å²) in [4.78, 5) is 23.7. The molecule has 1 aliphatic rings. The van der Waals surface area contributed by atoms with Crippen LogP contribution in [-0.4, -0.2) is 34.5 Å². The Morgan fingerprint density at radius 1 is 1.64 bits per heavy atom. The highest BCUT2D eigenvalue weighted by molar-refractivity contribution is 5.88. The van der Waals surface area contributed by atoms with E-state index in [1.807, 2.05) is 0 Å². The number of aliphatic carboxylic acids is 1. The normalized spacial score (nSPS) is 23.3. The number of carbonyl (C=O) groups excluding carboxylic acids is 1. The molecule has 1 amide bonds. The second-order valence-corrected chi connectivity index (χ2v) is 3.18. The van der Waals surface area contributed by atoms with Crippen molar-refractivity contribution in [2.45, 2.75) is 12.5 Å². The van der Waals surface area contributed by atoms with E-state index in [4.69, 9.17) is 5.11 Å². The molecule has 0 aromatic rings. The number of carbonyl (C=O) groups is 2. The van der Waals surface area contributed by atoms with E-state index in [0.717, 1.165) is 0 Å². The highest BCUT2D eigenvalue weighted by Crippen LogP contribution is 2.21. The van der Waals surface area contributed by atoms with Crippen molar-refractivity contribution in [3.63, 3.8) is 0 Å². The van der Waals surface area contributed by atoms with Gasteiger partial charge in [-0.1, -0.05) is 12.2 Å². The Labute approximate surface area is 82.5 Å². The first-order valence-corrected chi connectivity index (χ1v) is 4.40. The average Bonchev–Trinajstić information content (AvgIpc) is 2.49. The van der Waals surface area contributed by atoms with Crippen molar-refractivity contribution in [3.05, 3.63) is 25.3 Å². The summed E-state index contributed by atoms with van der Waals surface area (Å²) in [6, 6.07) is -0.910. The molecule has 0 radical (unpaired) electrons. The van der Waals surface area contributed by atoms with Crippen molar-refractivity contribution >= 4 is 11.9 Å². The molecule has 1 fully saturated rings. The summed E-state index contributed by atoms with van der Waals surface area (Å²) in [6.07, 6.45) is 3.47. The molecular formula is C10H13NO3. The van der Waals surface area contributed by atoms with Crippen LogP contribution >= 0.6 is 0 Å². The molecule has 0 aliphatic carbocycles. The van der Waals surface area contributed by atoms with Gasteiger partial charge in [-0.3, -0.25) is 4.79 Å². The van der Waals surface area contributed by atoms with Crippen LogP contribution in [0.15, 0.2) is 25.3 Å². The van der Waals surface area contributed by atoms with Gasteiger partial charge in [0.15, 0.2) is 0 Å². The Kier molecular flexibility index (Phi) is 3.06. The van der Waals surface area contributed by atoms with Crippen molar-refractivity contribution in [2.24, 2.45) is 5.92 Å². The van der Waals surface area contributed by atoms with Crippen LogP contribution in [0.2, 0.25) is 0 Å².